The number of hydrogen-bond donors (Lipinski definition) is 3. The Kier molecular flexibility index (Phi) is 4.42. The number of rotatable bonds is 5. The Balaban J connectivity index is 1.57. The Hall–Kier alpha value is -3.48. The minimum absolute atomic E-state index is 0.162. The Bertz CT molecular complexity index is 1030. The molecule has 0 spiro atoms. The maximum absolute atomic E-state index is 12.8. The second kappa shape index (κ2) is 7.03. The zero-order chi connectivity index (χ0) is 18.8. The summed E-state index contributed by atoms with van der Waals surface area (Å²) >= 11 is 0. The number of carbonyl (C=O) groups excluding carboxylic acids is 1. The SMILES string of the molecule is CC(C)[C@@H](NC(=O)c1cc(-c2cccnc2)n[nH]1)c1nc2ccccc2[nH]1. The third-order valence-electron chi connectivity index (χ3n) is 4.44. The van der Waals surface area contributed by atoms with E-state index in [1.54, 1.807) is 18.5 Å². The van der Waals surface area contributed by atoms with E-state index in [1.807, 2.05) is 50.2 Å². The van der Waals surface area contributed by atoms with Crippen LogP contribution in [0.3, 0.4) is 0 Å². The van der Waals surface area contributed by atoms with Crippen LogP contribution in [-0.2, 0) is 0 Å². The van der Waals surface area contributed by atoms with E-state index in [2.05, 4.69) is 30.5 Å². The first kappa shape index (κ1) is 17.0. The van der Waals surface area contributed by atoms with Crippen LogP contribution in [0, 0.1) is 5.92 Å². The molecule has 7 nitrogen and oxygen atoms in total. The lowest BCUT2D eigenvalue weighted by Gasteiger charge is -2.19. The molecule has 1 aromatic carbocycles. The molecule has 0 radical (unpaired) electrons. The van der Waals surface area contributed by atoms with E-state index in [4.69, 9.17) is 0 Å². The van der Waals surface area contributed by atoms with Crippen molar-refractivity contribution in [2.75, 3.05) is 0 Å². The van der Waals surface area contributed by atoms with Crippen LogP contribution < -0.4 is 5.32 Å². The van der Waals surface area contributed by atoms with Gasteiger partial charge in [0.15, 0.2) is 0 Å². The van der Waals surface area contributed by atoms with Gasteiger partial charge in [-0.25, -0.2) is 4.98 Å². The van der Waals surface area contributed by atoms with Crippen LogP contribution in [-0.4, -0.2) is 31.1 Å². The molecule has 0 unspecified atom stereocenters. The number of amides is 1. The van der Waals surface area contributed by atoms with Gasteiger partial charge in [-0.1, -0.05) is 26.0 Å². The summed E-state index contributed by atoms with van der Waals surface area (Å²) in [5, 5.41) is 10.1. The highest BCUT2D eigenvalue weighted by Crippen LogP contribution is 2.23. The third kappa shape index (κ3) is 3.44. The molecular formula is C20H20N6O. The standard InChI is InChI=1S/C20H20N6O/c1-12(2)18(19-22-14-7-3-4-8-15(14)23-19)24-20(27)17-10-16(25-26-17)13-6-5-9-21-11-13/h3-12,18H,1-2H3,(H,22,23)(H,24,27)(H,25,26)/t18-/m1/s1. The highest BCUT2D eigenvalue weighted by Gasteiger charge is 2.23. The Morgan fingerprint density at radius 2 is 2.00 bits per heavy atom. The highest BCUT2D eigenvalue weighted by molar-refractivity contribution is 5.93. The number of nitrogens with zero attached hydrogens (tertiary/aromatic N) is 3. The van der Waals surface area contributed by atoms with Gasteiger partial charge in [0.25, 0.3) is 5.91 Å². The van der Waals surface area contributed by atoms with Gasteiger partial charge in [-0.3, -0.25) is 14.9 Å². The summed E-state index contributed by atoms with van der Waals surface area (Å²) in [6.45, 7) is 4.10. The zero-order valence-corrected chi connectivity index (χ0v) is 15.1. The van der Waals surface area contributed by atoms with Crippen LogP contribution in [0.2, 0.25) is 0 Å². The summed E-state index contributed by atoms with van der Waals surface area (Å²) in [6, 6.07) is 13.0. The largest absolute Gasteiger partial charge is 0.341 e. The third-order valence-corrected chi connectivity index (χ3v) is 4.44. The molecule has 3 heterocycles. The maximum Gasteiger partial charge on any atom is 0.269 e. The van der Waals surface area contributed by atoms with Crippen LogP contribution in [0.25, 0.3) is 22.3 Å². The highest BCUT2D eigenvalue weighted by atomic mass is 16.2. The van der Waals surface area contributed by atoms with Gasteiger partial charge >= 0.3 is 0 Å². The molecule has 0 bridgehead atoms. The van der Waals surface area contributed by atoms with Crippen molar-refractivity contribution >= 4 is 16.9 Å². The fourth-order valence-corrected chi connectivity index (χ4v) is 2.99. The van der Waals surface area contributed by atoms with Gasteiger partial charge in [0, 0.05) is 18.0 Å². The van der Waals surface area contributed by atoms with Gasteiger partial charge < -0.3 is 10.3 Å². The van der Waals surface area contributed by atoms with Gasteiger partial charge in [-0.05, 0) is 36.2 Å². The molecule has 136 valence electrons. The van der Waals surface area contributed by atoms with Crippen LogP contribution in [0.5, 0.6) is 0 Å². The second-order valence-electron chi connectivity index (χ2n) is 6.74. The van der Waals surface area contributed by atoms with Crippen molar-refractivity contribution in [3.8, 4) is 11.3 Å². The molecule has 4 rings (SSSR count). The predicted octanol–water partition coefficient (Wildman–Crippen LogP) is 3.48. The van der Waals surface area contributed by atoms with Gasteiger partial charge in [-0.2, -0.15) is 5.10 Å². The minimum Gasteiger partial charge on any atom is -0.341 e. The van der Waals surface area contributed by atoms with Crippen LogP contribution in [0.15, 0.2) is 54.9 Å². The molecule has 0 aliphatic carbocycles. The molecule has 3 aromatic heterocycles. The number of hydrogen-bond acceptors (Lipinski definition) is 4. The molecule has 7 heteroatoms. The van der Waals surface area contributed by atoms with Crippen molar-refractivity contribution < 1.29 is 4.79 Å². The number of aromatic nitrogens is 5. The minimum atomic E-state index is -0.241. The summed E-state index contributed by atoms with van der Waals surface area (Å²) in [6.07, 6.45) is 3.41. The summed E-state index contributed by atoms with van der Waals surface area (Å²) in [4.78, 5) is 24.8. The summed E-state index contributed by atoms with van der Waals surface area (Å²) in [5.41, 5.74) is 3.76. The lowest BCUT2D eigenvalue weighted by atomic mass is 10.0. The molecule has 0 aliphatic rings. The fourth-order valence-electron chi connectivity index (χ4n) is 2.99. The lowest BCUT2D eigenvalue weighted by Crippen LogP contribution is -2.32. The lowest BCUT2D eigenvalue weighted by molar-refractivity contribution is 0.0918. The number of fused-ring (bicyclic) bond motifs is 1. The van der Waals surface area contributed by atoms with Gasteiger partial charge in [0.1, 0.15) is 11.5 Å². The molecule has 0 saturated heterocycles. The summed E-state index contributed by atoms with van der Waals surface area (Å²) in [5.74, 6) is 0.679. The van der Waals surface area contributed by atoms with Crippen molar-refractivity contribution in [3.05, 3.63) is 66.4 Å². The molecule has 4 aromatic rings. The van der Waals surface area contributed by atoms with E-state index < -0.39 is 0 Å². The molecular weight excluding hydrogens is 340 g/mol. The average molecular weight is 360 g/mol. The quantitative estimate of drug-likeness (QED) is 0.507. The average Bonchev–Trinajstić information content (AvgIpc) is 3.33. The van der Waals surface area contributed by atoms with E-state index in [9.17, 15) is 4.79 Å². The van der Waals surface area contributed by atoms with Gasteiger partial charge in [-0.15, -0.1) is 0 Å². The second-order valence-corrected chi connectivity index (χ2v) is 6.74. The molecule has 3 N–H and O–H groups in total. The van der Waals surface area contributed by atoms with Crippen molar-refractivity contribution in [3.63, 3.8) is 0 Å². The monoisotopic (exact) mass is 360 g/mol. The summed E-state index contributed by atoms with van der Waals surface area (Å²) in [7, 11) is 0. The van der Waals surface area contributed by atoms with E-state index >= 15 is 0 Å². The number of pyridine rings is 1. The number of carbonyl (C=O) groups is 1. The van der Waals surface area contributed by atoms with Gasteiger partial charge in [0.05, 0.1) is 22.8 Å². The van der Waals surface area contributed by atoms with Gasteiger partial charge in [0.2, 0.25) is 0 Å². The van der Waals surface area contributed by atoms with Crippen LogP contribution >= 0.6 is 0 Å². The van der Waals surface area contributed by atoms with Crippen molar-refractivity contribution in [1.29, 1.82) is 0 Å². The molecule has 0 saturated carbocycles. The topological polar surface area (TPSA) is 99.3 Å². The van der Waals surface area contributed by atoms with E-state index in [-0.39, 0.29) is 17.9 Å². The van der Waals surface area contributed by atoms with E-state index in [0.29, 0.717) is 11.4 Å². The fraction of sp³-hybridized carbons (Fsp3) is 0.200. The zero-order valence-electron chi connectivity index (χ0n) is 15.1. The maximum atomic E-state index is 12.8. The first-order chi connectivity index (χ1) is 13.1. The number of imidazole rings is 1. The first-order valence-corrected chi connectivity index (χ1v) is 8.83. The molecule has 27 heavy (non-hydrogen) atoms. The van der Waals surface area contributed by atoms with Crippen molar-refractivity contribution in [2.24, 2.45) is 5.92 Å². The molecule has 1 atom stereocenters. The van der Waals surface area contributed by atoms with Crippen molar-refractivity contribution in [1.82, 2.24) is 30.5 Å². The Morgan fingerprint density at radius 3 is 2.74 bits per heavy atom. The Morgan fingerprint density at radius 1 is 1.15 bits per heavy atom. The Labute approximate surface area is 156 Å². The van der Waals surface area contributed by atoms with E-state index in [0.717, 1.165) is 22.4 Å². The number of H-pyrrole nitrogens is 2. The molecule has 0 aliphatic heterocycles. The van der Waals surface area contributed by atoms with Crippen LogP contribution in [0.4, 0.5) is 0 Å². The number of benzene rings is 1. The normalized spacial score (nSPS) is 12.4. The molecule has 0 fully saturated rings. The first-order valence-electron chi connectivity index (χ1n) is 8.83. The number of aromatic amines is 2. The number of para-hydroxylation sites is 2. The number of nitrogens with one attached hydrogen (secondary N) is 3. The predicted molar refractivity (Wildman–Crippen MR) is 103 cm³/mol. The smallest absolute Gasteiger partial charge is 0.269 e. The van der Waals surface area contributed by atoms with Crippen LogP contribution in [0.1, 0.15) is 36.2 Å². The van der Waals surface area contributed by atoms with E-state index in [1.165, 1.54) is 0 Å². The molecule has 1 amide bonds. The summed E-state index contributed by atoms with van der Waals surface area (Å²) < 4.78 is 0. The van der Waals surface area contributed by atoms with Crippen molar-refractivity contribution in [2.45, 2.75) is 19.9 Å².